The lowest BCUT2D eigenvalue weighted by Crippen LogP contribution is -2.69. The van der Waals surface area contributed by atoms with Gasteiger partial charge < -0.3 is 29.3 Å². The number of hydrogen-bond acceptors (Lipinski definition) is 12. The molecule has 2 heterocycles. The molecule has 1 aromatic heterocycles. The van der Waals surface area contributed by atoms with Crippen LogP contribution in [0.3, 0.4) is 0 Å². The van der Waals surface area contributed by atoms with Gasteiger partial charge in [0.2, 0.25) is 15.8 Å². The van der Waals surface area contributed by atoms with Crippen molar-refractivity contribution in [3.8, 4) is 17.2 Å². The molecule has 59 heavy (non-hydrogen) atoms. The molecule has 312 valence electrons. The number of nitrogens with zero attached hydrogens (tertiary/aromatic N) is 4. The van der Waals surface area contributed by atoms with Crippen LogP contribution in [0, 0.1) is 27.9 Å². The summed E-state index contributed by atoms with van der Waals surface area (Å²) in [6, 6.07) is 19.0. The second-order valence-electron chi connectivity index (χ2n) is 15.2. The molecule has 0 saturated heterocycles. The number of unbranched alkanes of at least 4 members (excludes halogenated alkanes) is 2. The summed E-state index contributed by atoms with van der Waals surface area (Å²) in [6.45, 7) is 4.07. The van der Waals surface area contributed by atoms with Gasteiger partial charge in [-0.15, -0.1) is 6.58 Å². The van der Waals surface area contributed by atoms with Gasteiger partial charge in [0.25, 0.3) is 5.69 Å². The van der Waals surface area contributed by atoms with Crippen LogP contribution in [0.25, 0.3) is 10.9 Å². The van der Waals surface area contributed by atoms with E-state index in [1.165, 1.54) is 30.6 Å². The Morgan fingerprint density at radius 2 is 1.78 bits per heavy atom. The lowest BCUT2D eigenvalue weighted by Gasteiger charge is -2.59. The molecular weight excluding hydrogens is 777 g/mol. The molecule has 2 N–H and O–H groups in total. The number of para-hydroxylation sites is 1. The van der Waals surface area contributed by atoms with Crippen molar-refractivity contribution in [1.29, 1.82) is 0 Å². The standard InChI is InChI=1S/C44H50N4O10S/c1-4-24-56-44-40(47(2)59(53,54)39-18-9-13-29-14-11-21-45-43(29)39)28-37(46-55-3)35-25-30(12-5-7-22-49)34(17-6-8-23-50)41(42(35)44)36-27-33(19-20-38(36)58-44)57-32-16-10-15-31(26-32)48(51)52/h4,9-11,13-16,18-21,25-27,30,34,40-42,49-50H,1,5-8,12,17,22-24,28H2,2-3H3. The first-order valence-electron chi connectivity index (χ1n) is 19.9. The van der Waals surface area contributed by atoms with Gasteiger partial charge in [0, 0.05) is 55.8 Å². The van der Waals surface area contributed by atoms with Crippen LogP contribution in [0.2, 0.25) is 0 Å². The number of benzene rings is 3. The van der Waals surface area contributed by atoms with Crippen molar-refractivity contribution in [3.05, 3.63) is 119 Å². The summed E-state index contributed by atoms with van der Waals surface area (Å²) < 4.78 is 51.6. The molecule has 3 aromatic carbocycles. The summed E-state index contributed by atoms with van der Waals surface area (Å²) >= 11 is 0. The molecule has 0 bridgehead atoms. The van der Waals surface area contributed by atoms with Crippen molar-refractivity contribution < 1.29 is 42.6 Å². The molecule has 7 rings (SSSR count). The fourth-order valence-electron chi connectivity index (χ4n) is 9.28. The van der Waals surface area contributed by atoms with Crippen LogP contribution in [0.4, 0.5) is 5.69 Å². The molecule has 4 aromatic rings. The van der Waals surface area contributed by atoms with Gasteiger partial charge >= 0.3 is 0 Å². The highest BCUT2D eigenvalue weighted by Crippen LogP contribution is 2.62. The van der Waals surface area contributed by atoms with E-state index < -0.39 is 32.7 Å². The predicted octanol–water partition coefficient (Wildman–Crippen LogP) is 7.52. The Kier molecular flexibility index (Phi) is 12.8. The molecule has 14 nitrogen and oxygen atoms in total. The number of non-ortho nitro benzene ring substituents is 1. The molecule has 0 amide bonds. The van der Waals surface area contributed by atoms with Crippen LogP contribution in [-0.4, -0.2) is 84.4 Å². The topological polar surface area (TPSA) is 183 Å². The number of oxime groups is 1. The van der Waals surface area contributed by atoms with Gasteiger partial charge in [0.1, 0.15) is 29.3 Å². The number of hydrogen-bond donors (Lipinski definition) is 2. The van der Waals surface area contributed by atoms with Gasteiger partial charge in [-0.25, -0.2) is 8.42 Å². The number of aromatic nitrogens is 1. The van der Waals surface area contributed by atoms with Gasteiger partial charge in [0.05, 0.1) is 40.8 Å². The quantitative estimate of drug-likeness (QED) is 0.0438. The number of rotatable bonds is 18. The Hall–Kier alpha value is -5.19. The Labute approximate surface area is 344 Å². The van der Waals surface area contributed by atoms with Crippen LogP contribution in [0.15, 0.2) is 113 Å². The fraction of sp³-hybridized carbons (Fsp3) is 0.409. The van der Waals surface area contributed by atoms with Gasteiger partial charge in [-0.2, -0.15) is 4.31 Å². The fourth-order valence-corrected chi connectivity index (χ4v) is 10.8. The minimum absolute atomic E-state index is 0.0114. The summed E-state index contributed by atoms with van der Waals surface area (Å²) in [7, 11) is -1.28. The van der Waals surface area contributed by atoms with Gasteiger partial charge in [-0.1, -0.05) is 54.4 Å². The average molecular weight is 827 g/mol. The maximum Gasteiger partial charge on any atom is 0.273 e. The van der Waals surface area contributed by atoms with Crippen LogP contribution in [0.1, 0.15) is 56.4 Å². The molecule has 1 aliphatic heterocycles. The van der Waals surface area contributed by atoms with Gasteiger partial charge in [0.15, 0.2) is 0 Å². The summed E-state index contributed by atoms with van der Waals surface area (Å²) in [4.78, 5) is 21.1. The number of likely N-dealkylation sites (N-methyl/N-ethyl adjacent to an activating group) is 1. The molecule has 1 saturated carbocycles. The second kappa shape index (κ2) is 18.0. The van der Waals surface area contributed by atoms with Crippen LogP contribution < -0.4 is 9.47 Å². The molecule has 0 spiro atoms. The maximum atomic E-state index is 15.0. The minimum atomic E-state index is -4.28. The summed E-state index contributed by atoms with van der Waals surface area (Å²) in [5.41, 5.74) is 2.39. The first-order chi connectivity index (χ1) is 28.6. The summed E-state index contributed by atoms with van der Waals surface area (Å²) in [5, 5.41) is 36.5. The second-order valence-corrected chi connectivity index (χ2v) is 17.1. The van der Waals surface area contributed by atoms with Crippen LogP contribution in [0.5, 0.6) is 17.2 Å². The SMILES string of the molecule is C=CCOC12Oc3ccc(Oc4cccc([N+](=O)[O-])c4)cc3C3C(CCCCO)C(CCCCO)C=C(C(=NOC)CC1N(C)S(=O)(=O)c1cccc4cccnc14)C32. The number of nitro groups is 1. The molecule has 0 radical (unpaired) electrons. The normalized spacial score (nSPS) is 24.2. The van der Waals surface area contributed by atoms with Crippen molar-refractivity contribution in [2.45, 2.75) is 67.6 Å². The number of sulfonamides is 1. The van der Waals surface area contributed by atoms with E-state index in [2.05, 4.69) is 22.8 Å². The summed E-state index contributed by atoms with van der Waals surface area (Å²) in [6.07, 6.45) is 9.62. The third-order valence-electron chi connectivity index (χ3n) is 11.8. The Morgan fingerprint density at radius 3 is 2.53 bits per heavy atom. The number of aliphatic hydroxyl groups is 2. The number of fused-ring (bicyclic) bond motifs is 3. The van der Waals surface area contributed by atoms with E-state index in [0.717, 1.165) is 30.4 Å². The van der Waals surface area contributed by atoms with Crippen LogP contribution >= 0.6 is 0 Å². The number of allylic oxidation sites excluding steroid dienone is 1. The molecule has 6 atom stereocenters. The highest BCUT2D eigenvalue weighted by molar-refractivity contribution is 7.89. The van der Waals surface area contributed by atoms with E-state index in [4.69, 9.17) is 19.0 Å². The minimum Gasteiger partial charge on any atom is -0.460 e. The predicted molar refractivity (Wildman–Crippen MR) is 222 cm³/mol. The molecule has 15 heteroatoms. The number of aliphatic hydroxyl groups excluding tert-OH is 2. The van der Waals surface area contributed by atoms with Crippen molar-refractivity contribution in [1.82, 2.24) is 9.29 Å². The van der Waals surface area contributed by atoms with E-state index >= 15 is 0 Å². The summed E-state index contributed by atoms with van der Waals surface area (Å²) in [5.74, 6) is -1.51. The van der Waals surface area contributed by atoms with Crippen LogP contribution in [-0.2, 0) is 19.6 Å². The van der Waals surface area contributed by atoms with E-state index in [1.54, 1.807) is 54.7 Å². The Bertz CT molecular complexity index is 2350. The maximum absolute atomic E-state index is 15.0. The van der Waals surface area contributed by atoms with E-state index in [9.17, 15) is 28.7 Å². The van der Waals surface area contributed by atoms with Crippen molar-refractivity contribution in [3.63, 3.8) is 0 Å². The monoisotopic (exact) mass is 826 g/mol. The first-order valence-corrected chi connectivity index (χ1v) is 21.4. The highest BCUT2D eigenvalue weighted by Gasteiger charge is 2.65. The molecule has 2 aliphatic carbocycles. The van der Waals surface area contributed by atoms with Crippen molar-refractivity contribution in [2.75, 3.05) is 34.0 Å². The number of pyridine rings is 1. The molecule has 6 unspecified atom stereocenters. The zero-order valence-corrected chi connectivity index (χ0v) is 34.0. The number of nitro benzene ring substituents is 1. The molecule has 3 aliphatic rings. The van der Waals surface area contributed by atoms with E-state index in [-0.39, 0.29) is 60.3 Å². The largest absolute Gasteiger partial charge is 0.460 e. The Balaban J connectivity index is 1.44. The zero-order valence-electron chi connectivity index (χ0n) is 33.2. The lowest BCUT2D eigenvalue weighted by atomic mass is 9.55. The number of ether oxygens (including phenoxy) is 3. The van der Waals surface area contributed by atoms with Crippen molar-refractivity contribution >= 4 is 32.3 Å². The van der Waals surface area contributed by atoms with Gasteiger partial charge in [-0.05, 0) is 79.5 Å². The van der Waals surface area contributed by atoms with Crippen molar-refractivity contribution in [2.24, 2.45) is 22.9 Å². The first kappa shape index (κ1) is 42.0. The lowest BCUT2D eigenvalue weighted by molar-refractivity contribution is -0.384. The molecular formula is C44H50N4O10S. The van der Waals surface area contributed by atoms with Gasteiger partial charge in [-0.3, -0.25) is 15.1 Å². The zero-order chi connectivity index (χ0) is 41.7. The van der Waals surface area contributed by atoms with E-state index in [1.807, 2.05) is 18.2 Å². The highest BCUT2D eigenvalue weighted by atomic mass is 32.2. The average Bonchev–Trinajstić information content (AvgIpc) is 3.24. The molecule has 1 fully saturated rings. The third kappa shape index (κ3) is 8.09. The third-order valence-corrected chi connectivity index (χ3v) is 13.7. The van der Waals surface area contributed by atoms with E-state index in [0.29, 0.717) is 47.4 Å². The Morgan fingerprint density at radius 1 is 1.03 bits per heavy atom. The smallest absolute Gasteiger partial charge is 0.273 e.